The van der Waals surface area contributed by atoms with Gasteiger partial charge in [-0.3, -0.25) is 0 Å². The van der Waals surface area contributed by atoms with Crippen LogP contribution in [-0.2, 0) is 4.79 Å². The van der Waals surface area contributed by atoms with E-state index in [1.54, 1.807) is 13.0 Å². The normalized spacial score (nSPS) is 11.4. The number of benzene rings is 1. The minimum Gasteiger partial charge on any atom is -0.545 e. The summed E-state index contributed by atoms with van der Waals surface area (Å²) in [6.07, 6.45) is 2.13. The third-order valence-corrected chi connectivity index (χ3v) is 2.06. The first kappa shape index (κ1) is 10.5. The molecule has 1 aromatic rings. The zero-order valence-corrected chi connectivity index (χ0v) is 8.41. The van der Waals surface area contributed by atoms with Crippen molar-refractivity contribution >= 4 is 12.0 Å². The molecule has 2 heteroatoms. The molecule has 1 aromatic carbocycles. The Morgan fingerprint density at radius 2 is 1.93 bits per heavy atom. The third kappa shape index (κ3) is 2.73. The minimum atomic E-state index is -1.09. The summed E-state index contributed by atoms with van der Waals surface area (Å²) in [7, 11) is 0. The molecule has 0 aliphatic rings. The molecule has 0 saturated carbocycles. The van der Waals surface area contributed by atoms with Crippen LogP contribution in [-0.4, -0.2) is 5.97 Å². The van der Waals surface area contributed by atoms with Crippen LogP contribution >= 0.6 is 0 Å². The lowest BCUT2D eigenvalue weighted by molar-refractivity contribution is -0.299. The number of rotatable bonds is 3. The van der Waals surface area contributed by atoms with Gasteiger partial charge in [-0.2, -0.15) is 0 Å². The number of aryl methyl sites for hydroxylation is 1. The molecule has 74 valence electrons. The first-order chi connectivity index (χ1) is 6.63. The Balaban J connectivity index is 2.95. The molecule has 1 rings (SSSR count). The predicted molar refractivity (Wildman–Crippen MR) is 54.5 cm³/mol. The zero-order chi connectivity index (χ0) is 10.6. The minimum absolute atomic E-state index is 0.328. The lowest BCUT2D eigenvalue weighted by atomic mass is 10.1. The lowest BCUT2D eigenvalue weighted by Gasteiger charge is -2.05. The fraction of sp³-hybridized carbons (Fsp3) is 0.250. The smallest absolute Gasteiger partial charge is 0.0674 e. The van der Waals surface area contributed by atoms with E-state index in [0.29, 0.717) is 12.0 Å². The van der Waals surface area contributed by atoms with Crippen LogP contribution in [0.25, 0.3) is 6.08 Å². The molecule has 0 fully saturated rings. The van der Waals surface area contributed by atoms with Crippen molar-refractivity contribution in [3.8, 4) is 0 Å². The highest BCUT2D eigenvalue weighted by Gasteiger charge is 1.95. The van der Waals surface area contributed by atoms with E-state index in [1.807, 2.05) is 31.2 Å². The van der Waals surface area contributed by atoms with Crippen LogP contribution in [0.1, 0.15) is 24.5 Å². The monoisotopic (exact) mass is 189 g/mol. The summed E-state index contributed by atoms with van der Waals surface area (Å²) < 4.78 is 0. The lowest BCUT2D eigenvalue weighted by Crippen LogP contribution is -2.23. The number of carbonyl (C=O) groups excluding carboxylic acids is 1. The SMILES string of the molecule is CC/C(=C\c1ccc(C)cc1)C(=O)[O-]. The van der Waals surface area contributed by atoms with E-state index in [-0.39, 0.29) is 0 Å². The summed E-state index contributed by atoms with van der Waals surface area (Å²) in [5, 5.41) is 10.6. The van der Waals surface area contributed by atoms with Gasteiger partial charge in [0.15, 0.2) is 0 Å². The topological polar surface area (TPSA) is 40.1 Å². The van der Waals surface area contributed by atoms with Gasteiger partial charge in [0.2, 0.25) is 0 Å². The third-order valence-electron chi connectivity index (χ3n) is 2.06. The van der Waals surface area contributed by atoms with Crippen molar-refractivity contribution in [2.24, 2.45) is 0 Å². The van der Waals surface area contributed by atoms with Gasteiger partial charge in [-0.1, -0.05) is 36.8 Å². The number of hydrogen-bond donors (Lipinski definition) is 0. The zero-order valence-electron chi connectivity index (χ0n) is 8.41. The molecule has 0 unspecified atom stereocenters. The number of carboxylic acid groups (broad SMARTS) is 1. The quantitative estimate of drug-likeness (QED) is 0.676. The van der Waals surface area contributed by atoms with Gasteiger partial charge in [0.05, 0.1) is 5.97 Å². The molecule has 0 amide bonds. The number of carboxylic acids is 1. The Morgan fingerprint density at radius 3 is 2.36 bits per heavy atom. The Morgan fingerprint density at radius 1 is 1.36 bits per heavy atom. The molecule has 0 saturated heterocycles. The van der Waals surface area contributed by atoms with Crippen molar-refractivity contribution in [2.45, 2.75) is 20.3 Å². The molecule has 0 aliphatic heterocycles. The van der Waals surface area contributed by atoms with E-state index in [2.05, 4.69) is 0 Å². The highest BCUT2D eigenvalue weighted by Crippen LogP contribution is 2.10. The first-order valence-corrected chi connectivity index (χ1v) is 4.62. The summed E-state index contributed by atoms with van der Waals surface area (Å²) in [4.78, 5) is 10.6. The van der Waals surface area contributed by atoms with Gasteiger partial charge in [-0.25, -0.2) is 0 Å². The van der Waals surface area contributed by atoms with Crippen LogP contribution in [0.5, 0.6) is 0 Å². The summed E-state index contributed by atoms with van der Waals surface area (Å²) in [5.41, 5.74) is 2.39. The van der Waals surface area contributed by atoms with Crippen molar-refractivity contribution in [1.29, 1.82) is 0 Å². The van der Waals surface area contributed by atoms with E-state index in [1.165, 1.54) is 0 Å². The van der Waals surface area contributed by atoms with Crippen LogP contribution in [0.2, 0.25) is 0 Å². The number of hydrogen-bond acceptors (Lipinski definition) is 2. The van der Waals surface area contributed by atoms with E-state index >= 15 is 0 Å². The Bertz CT molecular complexity index is 347. The van der Waals surface area contributed by atoms with Crippen LogP contribution in [0.15, 0.2) is 29.8 Å². The van der Waals surface area contributed by atoms with Crippen molar-refractivity contribution in [3.63, 3.8) is 0 Å². The molecule has 14 heavy (non-hydrogen) atoms. The van der Waals surface area contributed by atoms with Gasteiger partial charge < -0.3 is 9.90 Å². The maximum Gasteiger partial charge on any atom is 0.0674 e. The second kappa shape index (κ2) is 4.61. The maximum atomic E-state index is 10.6. The molecule has 2 nitrogen and oxygen atoms in total. The summed E-state index contributed by atoms with van der Waals surface area (Å²) >= 11 is 0. The van der Waals surface area contributed by atoms with E-state index in [9.17, 15) is 9.90 Å². The number of aliphatic carboxylic acids is 1. The van der Waals surface area contributed by atoms with Gasteiger partial charge in [0.1, 0.15) is 0 Å². The Hall–Kier alpha value is -1.57. The molecule has 0 spiro atoms. The van der Waals surface area contributed by atoms with Crippen molar-refractivity contribution < 1.29 is 9.90 Å². The molecule has 0 aromatic heterocycles. The molecular formula is C12H13O2-. The van der Waals surface area contributed by atoms with Crippen LogP contribution in [0.3, 0.4) is 0 Å². The maximum absolute atomic E-state index is 10.6. The predicted octanol–water partition coefficient (Wildman–Crippen LogP) is 1.54. The summed E-state index contributed by atoms with van der Waals surface area (Å²) in [5.74, 6) is -1.09. The van der Waals surface area contributed by atoms with E-state index in [0.717, 1.165) is 11.1 Å². The standard InChI is InChI=1S/C12H14O2/c1-3-11(12(13)14)8-10-6-4-9(2)5-7-10/h4-8H,3H2,1-2H3,(H,13,14)/p-1/b11-8+. The van der Waals surface area contributed by atoms with Gasteiger partial charge in [0, 0.05) is 0 Å². The fourth-order valence-electron chi connectivity index (χ4n) is 1.17. The second-order valence-corrected chi connectivity index (χ2v) is 3.22. The largest absolute Gasteiger partial charge is 0.545 e. The molecule has 0 aliphatic carbocycles. The first-order valence-electron chi connectivity index (χ1n) is 4.62. The Labute approximate surface area is 83.9 Å². The van der Waals surface area contributed by atoms with Crippen molar-refractivity contribution in [2.75, 3.05) is 0 Å². The molecule has 0 bridgehead atoms. The molecule has 0 radical (unpaired) electrons. The van der Waals surface area contributed by atoms with Gasteiger partial charge >= 0.3 is 0 Å². The molecule has 0 N–H and O–H groups in total. The average Bonchev–Trinajstić information content (AvgIpc) is 2.16. The van der Waals surface area contributed by atoms with Gasteiger partial charge in [0.25, 0.3) is 0 Å². The summed E-state index contributed by atoms with van der Waals surface area (Å²) in [6.45, 7) is 3.79. The van der Waals surface area contributed by atoms with E-state index in [4.69, 9.17) is 0 Å². The Kier molecular flexibility index (Phi) is 3.46. The van der Waals surface area contributed by atoms with Gasteiger partial charge in [-0.15, -0.1) is 0 Å². The fourth-order valence-corrected chi connectivity index (χ4v) is 1.17. The highest BCUT2D eigenvalue weighted by molar-refractivity contribution is 5.90. The van der Waals surface area contributed by atoms with Crippen LogP contribution < -0.4 is 5.11 Å². The molecular weight excluding hydrogens is 176 g/mol. The highest BCUT2D eigenvalue weighted by atomic mass is 16.4. The van der Waals surface area contributed by atoms with Crippen molar-refractivity contribution in [3.05, 3.63) is 41.0 Å². The van der Waals surface area contributed by atoms with Crippen LogP contribution in [0, 0.1) is 6.92 Å². The summed E-state index contributed by atoms with van der Waals surface area (Å²) in [6, 6.07) is 7.70. The van der Waals surface area contributed by atoms with Crippen molar-refractivity contribution in [1.82, 2.24) is 0 Å². The van der Waals surface area contributed by atoms with Crippen LogP contribution in [0.4, 0.5) is 0 Å². The molecule has 0 heterocycles. The molecule has 0 atom stereocenters. The van der Waals surface area contributed by atoms with E-state index < -0.39 is 5.97 Å². The number of carbonyl (C=O) groups is 1. The van der Waals surface area contributed by atoms with Gasteiger partial charge in [-0.05, 0) is 30.6 Å². The average molecular weight is 189 g/mol. The second-order valence-electron chi connectivity index (χ2n) is 3.22.